The third kappa shape index (κ3) is 7.36. The van der Waals surface area contributed by atoms with Gasteiger partial charge in [0.25, 0.3) is 0 Å². The first-order valence-corrected chi connectivity index (χ1v) is 12.2. The summed E-state index contributed by atoms with van der Waals surface area (Å²) in [5.74, 6) is 1.29. The van der Waals surface area contributed by atoms with Crippen LogP contribution in [0.2, 0.25) is 0 Å². The zero-order valence-corrected chi connectivity index (χ0v) is 21.8. The largest absolute Gasteiger partial charge is 0.480 e. The average molecular weight is 504 g/mol. The molecule has 0 bridgehead atoms. The maximum atomic E-state index is 6.00. The fourth-order valence-electron chi connectivity index (χ4n) is 3.80. The van der Waals surface area contributed by atoms with Gasteiger partial charge >= 0.3 is 0 Å². The lowest BCUT2D eigenvalue weighted by Crippen LogP contribution is -2.15. The van der Waals surface area contributed by atoms with Gasteiger partial charge in [-0.1, -0.05) is 67.2 Å². The predicted octanol–water partition coefficient (Wildman–Crippen LogP) is 6.86. The van der Waals surface area contributed by atoms with Crippen LogP contribution in [0.3, 0.4) is 0 Å². The minimum atomic E-state index is 0.463. The summed E-state index contributed by atoms with van der Waals surface area (Å²) in [6.45, 7) is 17.5. The molecule has 0 fully saturated rings. The summed E-state index contributed by atoms with van der Waals surface area (Å²) in [4.78, 5) is 8.84. The second-order valence-corrected chi connectivity index (χ2v) is 9.15. The summed E-state index contributed by atoms with van der Waals surface area (Å²) in [6.07, 6.45) is 3.54. The van der Waals surface area contributed by atoms with Gasteiger partial charge in [-0.25, -0.2) is 9.98 Å². The lowest BCUT2D eigenvalue weighted by molar-refractivity contribution is 0.185. The molecule has 0 aliphatic rings. The smallest absolute Gasteiger partial charge is 0.179 e. The van der Waals surface area contributed by atoms with Crippen molar-refractivity contribution in [2.75, 3.05) is 6.61 Å². The average Bonchev–Trinajstić information content (AvgIpc) is 3.24. The van der Waals surface area contributed by atoms with E-state index in [0.717, 1.165) is 58.7 Å². The standard InChI is InChI=1S/C29H34ClN5O/c1-20(2)28-29(34-22(4)30)35(19-33-28)15-8-9-16-36-23(5)32-18-24-11-10-12-25(17-24)27-14-7-6-13-26(27)21(3)31/h6-7,10-14,17,19,32H,1,3,5,8-9,15-16,18,31H2,2,4H3/b34-22+. The number of nitrogens with zero attached hydrogens (tertiary/aromatic N) is 3. The van der Waals surface area contributed by atoms with E-state index in [9.17, 15) is 0 Å². The topological polar surface area (TPSA) is 77.5 Å². The number of hydrogen-bond donors (Lipinski definition) is 2. The highest BCUT2D eigenvalue weighted by Crippen LogP contribution is 2.27. The molecular weight excluding hydrogens is 470 g/mol. The number of nitrogens with one attached hydrogen (secondary N) is 1. The Labute approximate surface area is 218 Å². The van der Waals surface area contributed by atoms with Crippen molar-refractivity contribution < 1.29 is 4.74 Å². The van der Waals surface area contributed by atoms with Crippen molar-refractivity contribution in [1.82, 2.24) is 14.9 Å². The molecule has 0 aliphatic carbocycles. The summed E-state index contributed by atoms with van der Waals surface area (Å²) in [7, 11) is 0. The Bertz CT molecular complexity index is 1270. The molecule has 0 saturated carbocycles. The number of benzene rings is 2. The SMILES string of the molecule is C=C(NCc1cccc(-c2ccccc2C(=C)N)c1)OCCCCn1cnc(C(=C)C)c1/N=C(\C)Cl. The number of aromatic nitrogens is 2. The summed E-state index contributed by atoms with van der Waals surface area (Å²) in [6, 6.07) is 16.3. The van der Waals surface area contributed by atoms with Gasteiger partial charge in [-0.3, -0.25) is 0 Å². The van der Waals surface area contributed by atoms with Crippen LogP contribution in [0.4, 0.5) is 5.82 Å². The van der Waals surface area contributed by atoms with Crippen molar-refractivity contribution in [3.8, 4) is 11.1 Å². The number of hydrogen-bond acceptors (Lipinski definition) is 5. The fraction of sp³-hybridized carbons (Fsp3) is 0.241. The van der Waals surface area contributed by atoms with Crippen LogP contribution < -0.4 is 11.1 Å². The number of imidazole rings is 1. The van der Waals surface area contributed by atoms with E-state index in [-0.39, 0.29) is 0 Å². The maximum absolute atomic E-state index is 6.00. The fourth-order valence-corrected chi connectivity index (χ4v) is 3.88. The van der Waals surface area contributed by atoms with E-state index in [0.29, 0.717) is 29.9 Å². The first-order chi connectivity index (χ1) is 17.3. The van der Waals surface area contributed by atoms with E-state index in [4.69, 9.17) is 22.1 Å². The zero-order chi connectivity index (χ0) is 26.1. The Morgan fingerprint density at radius 1 is 1.11 bits per heavy atom. The minimum Gasteiger partial charge on any atom is -0.480 e. The van der Waals surface area contributed by atoms with Crippen molar-refractivity contribution in [2.24, 2.45) is 10.7 Å². The highest BCUT2D eigenvalue weighted by Gasteiger charge is 2.11. The first kappa shape index (κ1) is 26.8. The maximum Gasteiger partial charge on any atom is 0.179 e. The number of nitrogens with two attached hydrogens (primary N) is 1. The Balaban J connectivity index is 1.47. The molecule has 1 heterocycles. The van der Waals surface area contributed by atoms with Gasteiger partial charge in [0.1, 0.15) is 10.9 Å². The second-order valence-electron chi connectivity index (χ2n) is 8.60. The normalized spacial score (nSPS) is 11.2. The lowest BCUT2D eigenvalue weighted by Gasteiger charge is -2.13. The molecule has 3 rings (SSSR count). The second kappa shape index (κ2) is 12.8. The molecule has 3 aromatic rings. The molecule has 0 atom stereocenters. The van der Waals surface area contributed by atoms with Crippen LogP contribution in [0.25, 0.3) is 22.4 Å². The number of rotatable bonds is 13. The van der Waals surface area contributed by atoms with Crippen molar-refractivity contribution in [3.63, 3.8) is 0 Å². The van der Waals surface area contributed by atoms with Gasteiger partial charge in [-0.2, -0.15) is 0 Å². The molecule has 2 aromatic carbocycles. The van der Waals surface area contributed by atoms with Crippen LogP contribution in [0.5, 0.6) is 0 Å². The lowest BCUT2D eigenvalue weighted by atomic mass is 9.97. The number of halogens is 1. The van der Waals surface area contributed by atoms with Gasteiger partial charge in [-0.15, -0.1) is 0 Å². The quantitative estimate of drug-likeness (QED) is 0.152. The highest BCUT2D eigenvalue weighted by atomic mass is 35.5. The van der Waals surface area contributed by atoms with Gasteiger partial charge in [-0.05, 0) is 61.6 Å². The van der Waals surface area contributed by atoms with Gasteiger partial charge in [0.2, 0.25) is 0 Å². The van der Waals surface area contributed by atoms with Gasteiger partial charge in [0, 0.05) is 24.4 Å². The number of ether oxygens (including phenoxy) is 1. The van der Waals surface area contributed by atoms with Crippen LogP contribution in [0.15, 0.2) is 85.5 Å². The number of allylic oxidation sites excluding steroid dienone is 1. The third-order valence-electron chi connectivity index (χ3n) is 5.54. The van der Waals surface area contributed by atoms with Gasteiger partial charge in [0.05, 0.1) is 12.9 Å². The van der Waals surface area contributed by atoms with Crippen molar-refractivity contribution >= 4 is 33.9 Å². The summed E-state index contributed by atoms with van der Waals surface area (Å²) in [5.41, 5.74) is 12.4. The molecule has 1 aromatic heterocycles. The Morgan fingerprint density at radius 3 is 2.61 bits per heavy atom. The summed E-state index contributed by atoms with van der Waals surface area (Å²) >= 11 is 6.00. The monoisotopic (exact) mass is 503 g/mol. The molecule has 3 N–H and O–H groups in total. The van der Waals surface area contributed by atoms with Crippen LogP contribution in [-0.4, -0.2) is 21.3 Å². The van der Waals surface area contributed by atoms with Crippen LogP contribution >= 0.6 is 11.6 Å². The number of aryl methyl sites for hydroxylation is 1. The van der Waals surface area contributed by atoms with Crippen molar-refractivity contribution in [2.45, 2.75) is 39.8 Å². The molecule has 188 valence electrons. The number of aliphatic imine (C=N–C) groups is 1. The molecule has 0 saturated heterocycles. The van der Waals surface area contributed by atoms with E-state index in [2.05, 4.69) is 59.3 Å². The molecule has 0 radical (unpaired) electrons. The van der Waals surface area contributed by atoms with E-state index >= 15 is 0 Å². The molecule has 7 heteroatoms. The summed E-state index contributed by atoms with van der Waals surface area (Å²) < 4.78 is 7.78. The molecule has 6 nitrogen and oxygen atoms in total. The molecule has 36 heavy (non-hydrogen) atoms. The van der Waals surface area contributed by atoms with Gasteiger partial charge < -0.3 is 20.4 Å². The zero-order valence-electron chi connectivity index (χ0n) is 21.1. The highest BCUT2D eigenvalue weighted by molar-refractivity contribution is 6.65. The molecule has 0 aliphatic heterocycles. The van der Waals surface area contributed by atoms with E-state index in [1.54, 1.807) is 13.3 Å². The first-order valence-electron chi connectivity index (χ1n) is 11.9. The van der Waals surface area contributed by atoms with Crippen molar-refractivity contribution in [1.29, 1.82) is 0 Å². The molecular formula is C29H34ClN5O. The van der Waals surface area contributed by atoms with Crippen LogP contribution in [0, 0.1) is 0 Å². The number of unbranched alkanes of at least 4 members (excludes halogenated alkanes) is 1. The Kier molecular flexibility index (Phi) is 9.53. The molecule has 0 unspecified atom stereocenters. The van der Waals surface area contributed by atoms with E-state index < -0.39 is 0 Å². The van der Waals surface area contributed by atoms with Gasteiger partial charge in [0.15, 0.2) is 11.7 Å². The molecule has 0 amide bonds. The van der Waals surface area contributed by atoms with Crippen LogP contribution in [0.1, 0.15) is 43.5 Å². The Hall–Kier alpha value is -3.77. The molecule has 0 spiro atoms. The minimum absolute atomic E-state index is 0.463. The third-order valence-corrected chi connectivity index (χ3v) is 5.63. The Morgan fingerprint density at radius 2 is 1.89 bits per heavy atom. The van der Waals surface area contributed by atoms with E-state index in [1.165, 1.54) is 0 Å². The summed E-state index contributed by atoms with van der Waals surface area (Å²) in [5, 5.41) is 3.72. The predicted molar refractivity (Wildman–Crippen MR) is 152 cm³/mol. The van der Waals surface area contributed by atoms with Crippen LogP contribution in [-0.2, 0) is 17.8 Å². The van der Waals surface area contributed by atoms with E-state index in [1.807, 2.05) is 35.8 Å². The van der Waals surface area contributed by atoms with Crippen molar-refractivity contribution in [3.05, 3.63) is 97.3 Å².